The Bertz CT molecular complexity index is 1080. The van der Waals surface area contributed by atoms with Crippen LogP contribution in [0.3, 0.4) is 0 Å². The zero-order chi connectivity index (χ0) is 19.5. The van der Waals surface area contributed by atoms with Gasteiger partial charge in [-0.05, 0) is 38.1 Å². The molecule has 7 heteroatoms. The maximum atomic E-state index is 12.7. The number of aromatic amines is 1. The highest BCUT2D eigenvalue weighted by molar-refractivity contribution is 5.96. The maximum absolute atomic E-state index is 12.7. The molecule has 0 aliphatic carbocycles. The van der Waals surface area contributed by atoms with Gasteiger partial charge in [0.05, 0.1) is 34.4 Å². The molecule has 0 atom stereocenters. The van der Waals surface area contributed by atoms with E-state index in [1.54, 1.807) is 18.2 Å². The number of nitrogens with one attached hydrogen (secondary N) is 2. The second-order valence-corrected chi connectivity index (χ2v) is 6.47. The highest BCUT2D eigenvalue weighted by Gasteiger charge is 2.15. The Kier molecular flexibility index (Phi) is 4.80. The first-order chi connectivity index (χ1) is 13.6. The number of H-pyrrole nitrogens is 1. The van der Waals surface area contributed by atoms with E-state index in [1.165, 1.54) is 0 Å². The zero-order valence-corrected chi connectivity index (χ0v) is 15.7. The van der Waals surface area contributed by atoms with E-state index < -0.39 is 0 Å². The Balaban J connectivity index is 1.45. The molecule has 0 unspecified atom stereocenters. The maximum Gasteiger partial charge on any atom is 0.255 e. The predicted octanol–water partition coefficient (Wildman–Crippen LogP) is 3.68. The molecule has 0 aliphatic heterocycles. The van der Waals surface area contributed by atoms with Crippen LogP contribution in [-0.2, 0) is 13.2 Å². The number of amides is 1. The fourth-order valence-electron chi connectivity index (χ4n) is 2.99. The monoisotopic (exact) mass is 376 g/mol. The number of aryl methyl sites for hydroxylation is 2. The number of aromatic nitrogens is 3. The van der Waals surface area contributed by atoms with Gasteiger partial charge in [-0.3, -0.25) is 4.79 Å². The highest BCUT2D eigenvalue weighted by atomic mass is 16.5. The average molecular weight is 376 g/mol. The van der Waals surface area contributed by atoms with Gasteiger partial charge in [-0.1, -0.05) is 29.4 Å². The van der Waals surface area contributed by atoms with Crippen LogP contribution in [0.15, 0.2) is 53.1 Å². The van der Waals surface area contributed by atoms with E-state index in [0.29, 0.717) is 29.4 Å². The normalized spacial score (nSPS) is 10.9. The van der Waals surface area contributed by atoms with Gasteiger partial charge in [0.15, 0.2) is 0 Å². The van der Waals surface area contributed by atoms with E-state index >= 15 is 0 Å². The summed E-state index contributed by atoms with van der Waals surface area (Å²) in [5.74, 6) is 1.69. The van der Waals surface area contributed by atoms with Gasteiger partial charge in [-0.15, -0.1) is 0 Å². The molecule has 0 aliphatic rings. The van der Waals surface area contributed by atoms with Crippen molar-refractivity contribution >= 4 is 16.9 Å². The minimum atomic E-state index is -0.227. The smallest absolute Gasteiger partial charge is 0.255 e. The molecule has 0 radical (unpaired) electrons. The molecular weight excluding hydrogens is 356 g/mol. The van der Waals surface area contributed by atoms with Gasteiger partial charge < -0.3 is 19.6 Å². The van der Waals surface area contributed by atoms with Crippen molar-refractivity contribution in [3.63, 3.8) is 0 Å². The fraction of sp³-hybridized carbons (Fsp3) is 0.190. The fourth-order valence-corrected chi connectivity index (χ4v) is 2.99. The molecule has 1 amide bonds. The van der Waals surface area contributed by atoms with E-state index in [1.807, 2.05) is 44.2 Å². The lowest BCUT2D eigenvalue weighted by molar-refractivity contribution is 0.0945. The van der Waals surface area contributed by atoms with Crippen LogP contribution in [0.1, 0.15) is 33.2 Å². The lowest BCUT2D eigenvalue weighted by Crippen LogP contribution is -2.24. The molecule has 2 heterocycles. The molecule has 0 saturated heterocycles. The van der Waals surface area contributed by atoms with Gasteiger partial charge in [-0.2, -0.15) is 0 Å². The summed E-state index contributed by atoms with van der Waals surface area (Å²) in [6.45, 7) is 4.28. The number of para-hydroxylation sites is 3. The van der Waals surface area contributed by atoms with Crippen molar-refractivity contribution in [3.05, 3.63) is 76.9 Å². The number of ether oxygens (including phenoxy) is 1. The summed E-state index contributed by atoms with van der Waals surface area (Å²) < 4.78 is 11.0. The number of carbonyl (C=O) groups excluding carboxylic acids is 1. The van der Waals surface area contributed by atoms with E-state index in [-0.39, 0.29) is 12.5 Å². The number of hydrogen-bond donors (Lipinski definition) is 2. The largest absolute Gasteiger partial charge is 0.488 e. The second-order valence-electron chi connectivity index (χ2n) is 6.47. The highest BCUT2D eigenvalue weighted by Crippen LogP contribution is 2.21. The van der Waals surface area contributed by atoms with Gasteiger partial charge in [0.2, 0.25) is 0 Å². The van der Waals surface area contributed by atoms with Crippen LogP contribution in [0.5, 0.6) is 5.75 Å². The molecule has 4 aromatic rings. The average Bonchev–Trinajstić information content (AvgIpc) is 3.27. The Morgan fingerprint density at radius 1 is 1.14 bits per heavy atom. The van der Waals surface area contributed by atoms with Crippen molar-refractivity contribution in [3.8, 4) is 5.75 Å². The van der Waals surface area contributed by atoms with E-state index in [0.717, 1.165) is 22.3 Å². The molecule has 2 aromatic carbocycles. The second kappa shape index (κ2) is 7.56. The SMILES string of the molecule is Cc1noc(C)c1COc1ccccc1C(=O)NCc1nc2ccccc2[nH]1. The van der Waals surface area contributed by atoms with Crippen LogP contribution < -0.4 is 10.1 Å². The molecule has 7 nitrogen and oxygen atoms in total. The molecule has 142 valence electrons. The van der Waals surface area contributed by atoms with Gasteiger partial charge >= 0.3 is 0 Å². The Labute approximate surface area is 161 Å². The van der Waals surface area contributed by atoms with Gasteiger partial charge in [0, 0.05) is 0 Å². The minimum absolute atomic E-state index is 0.227. The number of fused-ring (bicyclic) bond motifs is 1. The molecule has 2 N–H and O–H groups in total. The van der Waals surface area contributed by atoms with Crippen molar-refractivity contribution in [2.45, 2.75) is 27.0 Å². The number of nitrogens with zero attached hydrogens (tertiary/aromatic N) is 2. The number of carbonyl (C=O) groups is 1. The number of benzene rings is 2. The molecular formula is C21H20N4O3. The van der Waals surface area contributed by atoms with Crippen LogP contribution in [0.25, 0.3) is 11.0 Å². The van der Waals surface area contributed by atoms with Crippen LogP contribution >= 0.6 is 0 Å². The molecule has 0 bridgehead atoms. The van der Waals surface area contributed by atoms with Crippen molar-refractivity contribution in [2.75, 3.05) is 0 Å². The summed E-state index contributed by atoms with van der Waals surface area (Å²) in [5, 5.41) is 6.81. The van der Waals surface area contributed by atoms with E-state index in [9.17, 15) is 4.79 Å². The molecule has 4 rings (SSSR count). The first-order valence-electron chi connectivity index (χ1n) is 8.97. The summed E-state index contributed by atoms with van der Waals surface area (Å²) in [7, 11) is 0. The van der Waals surface area contributed by atoms with E-state index in [2.05, 4.69) is 20.4 Å². The quantitative estimate of drug-likeness (QED) is 0.535. The molecule has 0 fully saturated rings. The number of hydrogen-bond acceptors (Lipinski definition) is 5. The van der Waals surface area contributed by atoms with Crippen molar-refractivity contribution < 1.29 is 14.1 Å². The molecule has 0 spiro atoms. The van der Waals surface area contributed by atoms with Crippen LogP contribution in [0.4, 0.5) is 0 Å². The summed E-state index contributed by atoms with van der Waals surface area (Å²) in [4.78, 5) is 20.4. The summed E-state index contributed by atoms with van der Waals surface area (Å²) >= 11 is 0. The number of rotatable bonds is 6. The Morgan fingerprint density at radius 2 is 1.93 bits per heavy atom. The van der Waals surface area contributed by atoms with Crippen LogP contribution in [0, 0.1) is 13.8 Å². The van der Waals surface area contributed by atoms with Gasteiger partial charge in [0.25, 0.3) is 5.91 Å². The van der Waals surface area contributed by atoms with Crippen LogP contribution in [-0.4, -0.2) is 21.0 Å². The van der Waals surface area contributed by atoms with Crippen molar-refractivity contribution in [1.82, 2.24) is 20.4 Å². The van der Waals surface area contributed by atoms with E-state index in [4.69, 9.17) is 9.26 Å². The Morgan fingerprint density at radius 3 is 2.71 bits per heavy atom. The zero-order valence-electron chi connectivity index (χ0n) is 15.7. The van der Waals surface area contributed by atoms with Crippen molar-refractivity contribution in [2.24, 2.45) is 0 Å². The summed E-state index contributed by atoms with van der Waals surface area (Å²) in [6, 6.07) is 14.9. The lowest BCUT2D eigenvalue weighted by Gasteiger charge is -2.11. The van der Waals surface area contributed by atoms with Crippen LogP contribution in [0.2, 0.25) is 0 Å². The van der Waals surface area contributed by atoms with Crippen molar-refractivity contribution in [1.29, 1.82) is 0 Å². The van der Waals surface area contributed by atoms with Gasteiger partial charge in [0.1, 0.15) is 23.9 Å². The molecule has 28 heavy (non-hydrogen) atoms. The summed E-state index contributed by atoms with van der Waals surface area (Å²) in [5.41, 5.74) is 3.94. The summed E-state index contributed by atoms with van der Waals surface area (Å²) in [6.07, 6.45) is 0. The molecule has 2 aromatic heterocycles. The first kappa shape index (κ1) is 17.8. The topological polar surface area (TPSA) is 93.0 Å². The lowest BCUT2D eigenvalue weighted by atomic mass is 10.2. The third-order valence-corrected chi connectivity index (χ3v) is 4.54. The standard InChI is InChI=1S/C21H20N4O3/c1-13-16(14(2)28-25-13)12-27-19-10-6-3-7-15(19)21(26)22-11-20-23-17-8-4-5-9-18(17)24-20/h3-10H,11-12H2,1-2H3,(H,22,26)(H,23,24). The minimum Gasteiger partial charge on any atom is -0.488 e. The first-order valence-corrected chi connectivity index (χ1v) is 8.97. The Hall–Kier alpha value is -3.61. The third kappa shape index (κ3) is 3.59. The third-order valence-electron chi connectivity index (χ3n) is 4.54. The number of imidazole rings is 1. The van der Waals surface area contributed by atoms with Gasteiger partial charge in [-0.25, -0.2) is 4.98 Å². The molecule has 0 saturated carbocycles. The predicted molar refractivity (Wildman–Crippen MR) is 104 cm³/mol.